The molecule has 0 radical (unpaired) electrons. The molecular weight excluding hydrogens is 404 g/mol. The quantitative estimate of drug-likeness (QED) is 0.479. The summed E-state index contributed by atoms with van der Waals surface area (Å²) in [6, 6.07) is 19.0. The van der Waals surface area contributed by atoms with E-state index in [1.54, 1.807) is 24.4 Å². The number of nitrogens with zero attached hydrogens (tertiary/aromatic N) is 1. The minimum Gasteiger partial charge on any atom is -0.483 e. The van der Waals surface area contributed by atoms with Gasteiger partial charge in [0.25, 0.3) is 5.91 Å². The Hall–Kier alpha value is -2.37. The number of halogens is 2. The van der Waals surface area contributed by atoms with E-state index in [9.17, 15) is 4.79 Å². The maximum atomic E-state index is 11.9. The number of hydrogen-bond acceptors (Lipinski definition) is 3. The second-order valence-corrected chi connectivity index (χ2v) is 6.52. The Morgan fingerprint density at radius 2 is 1.96 bits per heavy atom. The molecule has 0 heterocycles. The third-order valence-electron chi connectivity index (χ3n) is 3.47. The van der Waals surface area contributed by atoms with Gasteiger partial charge in [-0.05, 0) is 44.9 Å². The molecule has 1 amide bonds. The minimum atomic E-state index is -0.349. The molecular formula is C19H14BrClN2O2. The van der Waals surface area contributed by atoms with Crippen molar-refractivity contribution >= 4 is 50.4 Å². The number of carbonyl (C=O) groups excluding carboxylic acids is 1. The molecule has 0 fully saturated rings. The van der Waals surface area contributed by atoms with Crippen molar-refractivity contribution in [1.82, 2.24) is 5.43 Å². The van der Waals surface area contributed by atoms with Gasteiger partial charge in [0.1, 0.15) is 5.75 Å². The number of benzene rings is 3. The molecule has 0 saturated carbocycles. The first-order valence-corrected chi connectivity index (χ1v) is 8.68. The molecule has 0 aliphatic rings. The molecule has 4 nitrogen and oxygen atoms in total. The molecule has 6 heteroatoms. The Kier molecular flexibility index (Phi) is 5.68. The summed E-state index contributed by atoms with van der Waals surface area (Å²) in [6.45, 7) is -0.146. The fourth-order valence-electron chi connectivity index (χ4n) is 2.30. The molecule has 0 aliphatic heterocycles. The van der Waals surface area contributed by atoms with E-state index in [1.165, 1.54) is 0 Å². The lowest BCUT2D eigenvalue weighted by atomic mass is 10.1. The Morgan fingerprint density at radius 3 is 2.80 bits per heavy atom. The fourth-order valence-corrected chi connectivity index (χ4v) is 3.10. The highest BCUT2D eigenvalue weighted by Gasteiger charge is 2.05. The lowest BCUT2D eigenvalue weighted by Crippen LogP contribution is -2.24. The minimum absolute atomic E-state index is 0.146. The van der Waals surface area contributed by atoms with Gasteiger partial charge in [0.2, 0.25) is 0 Å². The van der Waals surface area contributed by atoms with Crippen LogP contribution in [0.15, 0.2) is 70.2 Å². The summed E-state index contributed by atoms with van der Waals surface area (Å²) >= 11 is 9.20. The van der Waals surface area contributed by atoms with Crippen LogP contribution >= 0.6 is 27.5 Å². The summed E-state index contributed by atoms with van der Waals surface area (Å²) in [5.74, 6) is 0.191. The van der Waals surface area contributed by atoms with Gasteiger partial charge in [0, 0.05) is 10.6 Å². The van der Waals surface area contributed by atoms with E-state index in [1.807, 2.05) is 42.5 Å². The molecule has 0 saturated heterocycles. The van der Waals surface area contributed by atoms with Gasteiger partial charge in [-0.2, -0.15) is 5.10 Å². The highest BCUT2D eigenvalue weighted by atomic mass is 79.9. The topological polar surface area (TPSA) is 50.7 Å². The van der Waals surface area contributed by atoms with Gasteiger partial charge in [-0.25, -0.2) is 5.43 Å². The molecule has 3 aromatic carbocycles. The van der Waals surface area contributed by atoms with Crippen molar-refractivity contribution in [3.05, 3.63) is 75.7 Å². The van der Waals surface area contributed by atoms with Gasteiger partial charge >= 0.3 is 0 Å². The Bertz CT molecular complexity index is 938. The smallest absolute Gasteiger partial charge is 0.277 e. The maximum Gasteiger partial charge on any atom is 0.277 e. The normalized spacial score (nSPS) is 11.0. The maximum absolute atomic E-state index is 11.9. The summed E-state index contributed by atoms with van der Waals surface area (Å²) in [5.41, 5.74) is 3.39. The fraction of sp³-hybridized carbons (Fsp3) is 0.0526. The number of carbonyl (C=O) groups is 1. The van der Waals surface area contributed by atoms with Crippen LogP contribution in [0.4, 0.5) is 0 Å². The van der Waals surface area contributed by atoms with Crippen LogP contribution in [0.1, 0.15) is 5.56 Å². The lowest BCUT2D eigenvalue weighted by molar-refractivity contribution is -0.123. The summed E-state index contributed by atoms with van der Waals surface area (Å²) in [5, 5.41) is 6.78. The van der Waals surface area contributed by atoms with Gasteiger partial charge in [0.05, 0.1) is 10.7 Å². The zero-order valence-electron chi connectivity index (χ0n) is 13.1. The van der Waals surface area contributed by atoms with Gasteiger partial charge in [-0.3, -0.25) is 4.79 Å². The molecule has 25 heavy (non-hydrogen) atoms. The van der Waals surface area contributed by atoms with Crippen LogP contribution in [0.25, 0.3) is 10.8 Å². The third kappa shape index (κ3) is 4.59. The molecule has 3 aromatic rings. The van der Waals surface area contributed by atoms with E-state index >= 15 is 0 Å². The van der Waals surface area contributed by atoms with Crippen LogP contribution in [0.2, 0.25) is 5.02 Å². The molecule has 0 unspecified atom stereocenters. The molecule has 0 aromatic heterocycles. The largest absolute Gasteiger partial charge is 0.483 e. The number of fused-ring (bicyclic) bond motifs is 1. The van der Waals surface area contributed by atoms with Crippen LogP contribution in [0, 0.1) is 0 Å². The van der Waals surface area contributed by atoms with Crippen LogP contribution in [-0.4, -0.2) is 18.7 Å². The number of amides is 1. The summed E-state index contributed by atoms with van der Waals surface area (Å²) < 4.78 is 6.12. The van der Waals surface area contributed by atoms with E-state index in [2.05, 4.69) is 26.5 Å². The third-order valence-corrected chi connectivity index (χ3v) is 4.32. The van der Waals surface area contributed by atoms with Crippen LogP contribution in [0.5, 0.6) is 5.75 Å². The van der Waals surface area contributed by atoms with Crippen molar-refractivity contribution in [2.75, 3.05) is 6.61 Å². The van der Waals surface area contributed by atoms with Crippen LogP contribution in [-0.2, 0) is 4.79 Å². The van der Waals surface area contributed by atoms with Gasteiger partial charge in [-0.15, -0.1) is 0 Å². The molecule has 126 valence electrons. The molecule has 0 bridgehead atoms. The molecule has 1 N–H and O–H groups in total. The molecule has 0 spiro atoms. The predicted octanol–water partition coefficient (Wildman–Crippen LogP) is 4.78. The van der Waals surface area contributed by atoms with Gasteiger partial charge < -0.3 is 4.74 Å². The first kappa shape index (κ1) is 17.5. The Morgan fingerprint density at radius 1 is 1.16 bits per heavy atom. The predicted molar refractivity (Wildman–Crippen MR) is 104 cm³/mol. The average molecular weight is 418 g/mol. The van der Waals surface area contributed by atoms with Crippen molar-refractivity contribution in [2.24, 2.45) is 5.10 Å². The van der Waals surface area contributed by atoms with E-state index in [-0.39, 0.29) is 12.5 Å². The van der Waals surface area contributed by atoms with Crippen molar-refractivity contribution in [2.45, 2.75) is 0 Å². The average Bonchev–Trinajstić information content (AvgIpc) is 2.61. The van der Waals surface area contributed by atoms with Crippen LogP contribution < -0.4 is 10.2 Å². The number of hydrogen-bond donors (Lipinski definition) is 1. The zero-order chi connectivity index (χ0) is 17.6. The first-order valence-electron chi connectivity index (χ1n) is 7.51. The van der Waals surface area contributed by atoms with E-state index in [0.29, 0.717) is 15.2 Å². The molecule has 0 aliphatic carbocycles. The second kappa shape index (κ2) is 8.14. The highest BCUT2D eigenvalue weighted by Crippen LogP contribution is 2.27. The zero-order valence-corrected chi connectivity index (χ0v) is 15.4. The number of nitrogens with one attached hydrogen (secondary N) is 1. The highest BCUT2D eigenvalue weighted by molar-refractivity contribution is 9.10. The van der Waals surface area contributed by atoms with E-state index < -0.39 is 0 Å². The SMILES string of the molecule is O=C(COc1ccc(Cl)cc1Br)NN=Cc1cccc2ccccc12. The van der Waals surface area contributed by atoms with Crippen molar-refractivity contribution in [3.63, 3.8) is 0 Å². The molecule has 3 rings (SSSR count). The first-order chi connectivity index (χ1) is 12.1. The van der Waals surface area contributed by atoms with Crippen molar-refractivity contribution in [1.29, 1.82) is 0 Å². The molecule has 0 atom stereocenters. The monoisotopic (exact) mass is 416 g/mol. The van der Waals surface area contributed by atoms with E-state index in [4.69, 9.17) is 16.3 Å². The van der Waals surface area contributed by atoms with E-state index in [0.717, 1.165) is 16.3 Å². The van der Waals surface area contributed by atoms with Gasteiger partial charge in [-0.1, -0.05) is 54.1 Å². The Balaban J connectivity index is 1.59. The Labute approximate surface area is 158 Å². The van der Waals surface area contributed by atoms with Crippen molar-refractivity contribution < 1.29 is 9.53 Å². The second-order valence-electron chi connectivity index (χ2n) is 5.22. The number of hydrazone groups is 1. The summed E-state index contributed by atoms with van der Waals surface area (Å²) in [4.78, 5) is 11.9. The van der Waals surface area contributed by atoms with Crippen molar-refractivity contribution in [3.8, 4) is 5.75 Å². The number of ether oxygens (including phenoxy) is 1. The van der Waals surface area contributed by atoms with Crippen LogP contribution in [0.3, 0.4) is 0 Å². The lowest BCUT2D eigenvalue weighted by Gasteiger charge is -2.07. The number of rotatable bonds is 5. The summed E-state index contributed by atoms with van der Waals surface area (Å²) in [6.07, 6.45) is 1.62. The standard InChI is InChI=1S/C19H14BrClN2O2/c20-17-10-15(21)8-9-18(17)25-12-19(24)23-22-11-14-6-3-5-13-4-1-2-7-16(13)14/h1-11H,12H2,(H,23,24). The van der Waals surface area contributed by atoms with Gasteiger partial charge in [0.15, 0.2) is 6.61 Å². The summed E-state index contributed by atoms with van der Waals surface area (Å²) in [7, 11) is 0.